The summed E-state index contributed by atoms with van der Waals surface area (Å²) in [7, 11) is 5.32. The van der Waals surface area contributed by atoms with Crippen molar-refractivity contribution in [3.05, 3.63) is 16.8 Å². The Morgan fingerprint density at radius 3 is 2.52 bits per heavy atom. The maximum absolute atomic E-state index is 11.9. The van der Waals surface area contributed by atoms with Crippen LogP contribution in [0.1, 0.15) is 23.2 Å². The highest BCUT2D eigenvalue weighted by atomic mass is 35.5. The summed E-state index contributed by atoms with van der Waals surface area (Å²) < 4.78 is 7.08. The number of carbonyl (C=O) groups excluding carboxylic acids is 1. The first-order valence-corrected chi connectivity index (χ1v) is 7.77. The third-order valence-corrected chi connectivity index (χ3v) is 4.02. The highest BCUT2D eigenvalue weighted by Gasteiger charge is 2.18. The third kappa shape index (κ3) is 5.20. The molecule has 0 aliphatic rings. The molecule has 2 aromatic heterocycles. The van der Waals surface area contributed by atoms with Gasteiger partial charge < -0.3 is 15.4 Å². The summed E-state index contributed by atoms with van der Waals surface area (Å²) in [6, 6.07) is 0. The molecule has 2 N–H and O–H groups in total. The number of pyridine rings is 1. The molecule has 0 radical (unpaired) electrons. The van der Waals surface area contributed by atoms with E-state index in [9.17, 15) is 4.79 Å². The predicted octanol–water partition coefficient (Wildman–Crippen LogP) is 1.71. The molecule has 2 aromatic rings. The Labute approximate surface area is 160 Å². The Kier molecular flexibility index (Phi) is 9.77. The van der Waals surface area contributed by atoms with E-state index >= 15 is 0 Å². The van der Waals surface area contributed by atoms with Crippen LogP contribution in [-0.2, 0) is 18.3 Å². The summed E-state index contributed by atoms with van der Waals surface area (Å²) in [4.78, 5) is 16.5. The zero-order valence-electron chi connectivity index (χ0n) is 15.3. The van der Waals surface area contributed by atoms with Gasteiger partial charge in [-0.2, -0.15) is 0 Å². The number of ether oxygens (including phenoxy) is 1. The van der Waals surface area contributed by atoms with Crippen LogP contribution in [0.15, 0.2) is 0 Å². The summed E-state index contributed by atoms with van der Waals surface area (Å²) in [5.41, 5.74) is 3.91. The summed E-state index contributed by atoms with van der Waals surface area (Å²) in [5.74, 6) is 0.629. The van der Waals surface area contributed by atoms with Crippen LogP contribution in [0.2, 0.25) is 0 Å². The van der Waals surface area contributed by atoms with Gasteiger partial charge in [-0.25, -0.2) is 9.67 Å². The second-order valence-electron chi connectivity index (χ2n) is 5.59. The summed E-state index contributed by atoms with van der Waals surface area (Å²) in [6.07, 6.45) is 1.10. The van der Waals surface area contributed by atoms with Crippen LogP contribution >= 0.6 is 24.8 Å². The maximum Gasteiger partial charge on any atom is 0.242 e. The predicted molar refractivity (Wildman–Crippen MR) is 104 cm³/mol. The zero-order valence-corrected chi connectivity index (χ0v) is 16.9. The minimum Gasteiger partial charge on any atom is -0.479 e. The van der Waals surface area contributed by atoms with E-state index in [1.54, 1.807) is 11.8 Å². The second-order valence-corrected chi connectivity index (χ2v) is 5.59. The molecule has 0 aliphatic carbocycles. The number of methoxy groups -OCH3 is 1. The average molecular weight is 392 g/mol. The Balaban J connectivity index is 0.00000288. The molecule has 142 valence electrons. The van der Waals surface area contributed by atoms with Crippen molar-refractivity contribution in [2.75, 3.05) is 27.2 Å². The number of nitrogens with zero attached hydrogens (tertiary/aromatic N) is 3. The molecule has 0 aliphatic heterocycles. The first-order valence-electron chi connectivity index (χ1n) is 7.77. The van der Waals surface area contributed by atoms with Crippen molar-refractivity contribution < 1.29 is 9.53 Å². The van der Waals surface area contributed by atoms with Gasteiger partial charge in [-0.05, 0) is 38.4 Å². The fraction of sp³-hybridized carbons (Fsp3) is 0.562. The van der Waals surface area contributed by atoms with Gasteiger partial charge >= 0.3 is 0 Å². The average Bonchev–Trinajstić information content (AvgIpc) is 2.83. The zero-order chi connectivity index (χ0) is 17.0. The van der Waals surface area contributed by atoms with Crippen molar-refractivity contribution in [2.24, 2.45) is 7.05 Å². The molecule has 0 bridgehead atoms. The van der Waals surface area contributed by atoms with Gasteiger partial charge in [-0.1, -0.05) is 0 Å². The molecule has 0 aromatic carbocycles. The van der Waals surface area contributed by atoms with E-state index in [0.29, 0.717) is 25.3 Å². The summed E-state index contributed by atoms with van der Waals surface area (Å²) in [6.45, 7) is 5.42. The smallest absolute Gasteiger partial charge is 0.242 e. The lowest BCUT2D eigenvalue weighted by atomic mass is 10.00. The molecule has 0 unspecified atom stereocenters. The molecule has 0 spiro atoms. The molecule has 25 heavy (non-hydrogen) atoms. The highest BCUT2D eigenvalue weighted by molar-refractivity contribution is 5.86. The van der Waals surface area contributed by atoms with Crippen molar-refractivity contribution in [1.29, 1.82) is 0 Å². The van der Waals surface area contributed by atoms with Crippen molar-refractivity contribution in [3.63, 3.8) is 0 Å². The first-order chi connectivity index (χ1) is 11.0. The SMILES string of the molecule is CNCCNC(=O)CCc1c(C)nc2c(c(OC)nn2C)c1C.Cl.Cl. The van der Waals surface area contributed by atoms with Gasteiger partial charge in [0, 0.05) is 32.3 Å². The monoisotopic (exact) mass is 391 g/mol. The van der Waals surface area contributed by atoms with Crippen LogP contribution < -0.4 is 15.4 Å². The van der Waals surface area contributed by atoms with Crippen LogP contribution in [-0.4, -0.2) is 47.9 Å². The summed E-state index contributed by atoms with van der Waals surface area (Å²) in [5, 5.41) is 11.2. The number of carbonyl (C=O) groups is 1. The molecule has 0 saturated heterocycles. The number of amides is 1. The second kappa shape index (κ2) is 10.4. The lowest BCUT2D eigenvalue weighted by Crippen LogP contribution is -2.30. The Morgan fingerprint density at radius 2 is 1.92 bits per heavy atom. The van der Waals surface area contributed by atoms with Gasteiger partial charge in [0.25, 0.3) is 0 Å². The number of nitrogens with one attached hydrogen (secondary N) is 2. The van der Waals surface area contributed by atoms with Crippen molar-refractivity contribution >= 4 is 41.8 Å². The third-order valence-electron chi connectivity index (χ3n) is 4.02. The lowest BCUT2D eigenvalue weighted by molar-refractivity contribution is -0.121. The molecule has 1 amide bonds. The molecule has 9 heteroatoms. The maximum atomic E-state index is 11.9. The van der Waals surface area contributed by atoms with Crippen LogP contribution in [0.4, 0.5) is 0 Å². The molecule has 0 atom stereocenters. The fourth-order valence-corrected chi connectivity index (χ4v) is 2.76. The van der Waals surface area contributed by atoms with E-state index in [1.807, 2.05) is 27.9 Å². The van der Waals surface area contributed by atoms with Gasteiger partial charge in [0.1, 0.15) is 0 Å². The number of likely N-dealkylation sites (N-methyl/N-ethyl adjacent to an activating group) is 1. The molecule has 0 saturated carbocycles. The standard InChI is InChI=1S/C16H25N5O2.2ClH/c1-10-12(6-7-13(22)18-9-8-17-3)11(2)19-15-14(10)16(23-5)20-21(15)4;;/h17H,6-9H2,1-5H3,(H,18,22);2*1H. The molecular weight excluding hydrogens is 365 g/mol. The summed E-state index contributed by atoms with van der Waals surface area (Å²) >= 11 is 0. The quantitative estimate of drug-likeness (QED) is 0.702. The van der Waals surface area contributed by atoms with E-state index in [0.717, 1.165) is 34.4 Å². The van der Waals surface area contributed by atoms with Crippen LogP contribution in [0.3, 0.4) is 0 Å². The van der Waals surface area contributed by atoms with Crippen molar-refractivity contribution in [3.8, 4) is 5.88 Å². The molecule has 7 nitrogen and oxygen atoms in total. The normalized spacial score (nSPS) is 10.1. The van der Waals surface area contributed by atoms with Gasteiger partial charge in [0.2, 0.25) is 11.8 Å². The molecule has 2 heterocycles. The number of halogens is 2. The van der Waals surface area contributed by atoms with Crippen molar-refractivity contribution in [2.45, 2.75) is 26.7 Å². The number of aromatic nitrogens is 3. The fourth-order valence-electron chi connectivity index (χ4n) is 2.76. The minimum atomic E-state index is 0. The number of hydrogen-bond donors (Lipinski definition) is 2. The largest absolute Gasteiger partial charge is 0.479 e. The van der Waals surface area contributed by atoms with Crippen molar-refractivity contribution in [1.82, 2.24) is 25.4 Å². The van der Waals surface area contributed by atoms with Gasteiger partial charge in [0.15, 0.2) is 5.65 Å². The highest BCUT2D eigenvalue weighted by Crippen LogP contribution is 2.30. The topological polar surface area (TPSA) is 81.1 Å². The molecular formula is C16H27Cl2N5O2. The van der Waals surface area contributed by atoms with E-state index in [2.05, 4.69) is 20.7 Å². The van der Waals surface area contributed by atoms with E-state index in [-0.39, 0.29) is 30.7 Å². The Morgan fingerprint density at radius 1 is 1.24 bits per heavy atom. The Bertz CT molecular complexity index is 718. The van der Waals surface area contributed by atoms with Gasteiger partial charge in [-0.15, -0.1) is 29.9 Å². The van der Waals surface area contributed by atoms with Crippen LogP contribution in [0.5, 0.6) is 5.88 Å². The lowest BCUT2D eigenvalue weighted by Gasteiger charge is -2.11. The number of hydrogen-bond acceptors (Lipinski definition) is 5. The van der Waals surface area contributed by atoms with Crippen LogP contribution in [0, 0.1) is 13.8 Å². The van der Waals surface area contributed by atoms with E-state index < -0.39 is 0 Å². The number of rotatable bonds is 7. The van der Waals surface area contributed by atoms with E-state index in [4.69, 9.17) is 4.74 Å². The van der Waals surface area contributed by atoms with E-state index in [1.165, 1.54) is 0 Å². The number of fused-ring (bicyclic) bond motifs is 1. The van der Waals surface area contributed by atoms with Gasteiger partial charge in [0.05, 0.1) is 12.5 Å². The Hall–Kier alpha value is -1.57. The molecule has 0 fully saturated rings. The van der Waals surface area contributed by atoms with Crippen LogP contribution in [0.25, 0.3) is 11.0 Å². The van der Waals surface area contributed by atoms with Gasteiger partial charge in [-0.3, -0.25) is 4.79 Å². The minimum absolute atomic E-state index is 0. The molecule has 2 rings (SSSR count). The first kappa shape index (κ1) is 23.4. The number of aryl methyl sites for hydroxylation is 3.